The average molecular weight is 405 g/mol. The van der Waals surface area contributed by atoms with Crippen LogP contribution in [-0.4, -0.2) is 47.8 Å². The fraction of sp³-hybridized carbons (Fsp3) is 0.182. The van der Waals surface area contributed by atoms with Crippen LogP contribution >= 0.6 is 12.4 Å². The molecule has 0 aliphatic carbocycles. The molecule has 3 aromatic rings. The lowest BCUT2D eigenvalue weighted by molar-refractivity contribution is 0.960. The van der Waals surface area contributed by atoms with E-state index < -0.39 is 0 Å². The molecule has 0 fully saturated rings. The molecule has 2 N–H and O–H groups in total. The largest absolute Gasteiger partial charge is 0.368 e. The van der Waals surface area contributed by atoms with E-state index in [2.05, 4.69) is 62.0 Å². The fourth-order valence-corrected chi connectivity index (χ4v) is 3.42. The van der Waals surface area contributed by atoms with E-state index in [4.69, 9.17) is 4.98 Å². The van der Waals surface area contributed by atoms with Gasteiger partial charge in [0.15, 0.2) is 5.82 Å². The normalized spacial score (nSPS) is 15.0. The number of rotatable bonds is 4. The van der Waals surface area contributed by atoms with E-state index in [0.29, 0.717) is 0 Å². The third-order valence-corrected chi connectivity index (χ3v) is 4.87. The third kappa shape index (κ3) is 3.98. The van der Waals surface area contributed by atoms with E-state index in [0.717, 1.165) is 71.6 Å². The summed E-state index contributed by atoms with van der Waals surface area (Å²) in [5, 5.41) is 6.59. The van der Waals surface area contributed by atoms with Crippen LogP contribution in [0.2, 0.25) is 0 Å². The third-order valence-electron chi connectivity index (χ3n) is 4.87. The monoisotopic (exact) mass is 404 g/mol. The van der Waals surface area contributed by atoms with Crippen LogP contribution in [0, 0.1) is 0 Å². The van der Waals surface area contributed by atoms with Crippen LogP contribution in [0.25, 0.3) is 22.6 Å². The topological polar surface area (TPSA) is 74.6 Å². The standard InChI is InChI=1S/C22H20N6.ClH/c1-3-16(20-24-11-12-25-20)4-2-15(1)19-9-10-23-22(28-19)18-7-5-17(6-8-18)21-26-13-14-27-21;/h1-10H,11-14H2,(H,24,25)(H,26,27);1H. The number of hydrogen-bond acceptors (Lipinski definition) is 6. The lowest BCUT2D eigenvalue weighted by Crippen LogP contribution is -2.19. The molecule has 3 heterocycles. The minimum absolute atomic E-state index is 0. The van der Waals surface area contributed by atoms with Crippen molar-refractivity contribution in [3.05, 3.63) is 71.9 Å². The maximum atomic E-state index is 4.76. The fourth-order valence-electron chi connectivity index (χ4n) is 3.42. The number of nitrogens with one attached hydrogen (secondary N) is 2. The highest BCUT2D eigenvalue weighted by Gasteiger charge is 2.11. The van der Waals surface area contributed by atoms with Crippen molar-refractivity contribution in [3.8, 4) is 22.6 Å². The summed E-state index contributed by atoms with van der Waals surface area (Å²) in [6.45, 7) is 3.50. The molecule has 0 amide bonds. The summed E-state index contributed by atoms with van der Waals surface area (Å²) in [6, 6.07) is 18.5. The Hall–Kier alpha value is -3.25. The summed E-state index contributed by atoms with van der Waals surface area (Å²) >= 11 is 0. The van der Waals surface area contributed by atoms with Gasteiger partial charge in [-0.3, -0.25) is 9.98 Å². The van der Waals surface area contributed by atoms with E-state index in [1.807, 2.05) is 24.4 Å². The van der Waals surface area contributed by atoms with Crippen LogP contribution in [-0.2, 0) is 0 Å². The van der Waals surface area contributed by atoms with E-state index in [-0.39, 0.29) is 12.4 Å². The van der Waals surface area contributed by atoms with Gasteiger partial charge in [-0.1, -0.05) is 48.5 Å². The lowest BCUT2D eigenvalue weighted by atomic mass is 10.1. The Kier molecular flexibility index (Phi) is 5.53. The second kappa shape index (κ2) is 8.41. The van der Waals surface area contributed by atoms with E-state index in [1.165, 1.54) is 0 Å². The summed E-state index contributed by atoms with van der Waals surface area (Å²) in [5.41, 5.74) is 5.16. The molecule has 6 nitrogen and oxygen atoms in total. The van der Waals surface area contributed by atoms with Gasteiger partial charge in [-0.25, -0.2) is 9.97 Å². The van der Waals surface area contributed by atoms with Crippen molar-refractivity contribution < 1.29 is 0 Å². The molecule has 2 aliphatic heterocycles. The van der Waals surface area contributed by atoms with Crippen LogP contribution in [0.15, 0.2) is 70.8 Å². The lowest BCUT2D eigenvalue weighted by Gasteiger charge is -2.07. The van der Waals surface area contributed by atoms with Gasteiger partial charge < -0.3 is 10.6 Å². The first-order chi connectivity index (χ1) is 13.9. The molecule has 146 valence electrons. The Labute approximate surface area is 175 Å². The molecule has 7 heteroatoms. The average Bonchev–Trinajstić information content (AvgIpc) is 3.49. The Morgan fingerprint density at radius 1 is 0.621 bits per heavy atom. The van der Waals surface area contributed by atoms with Crippen molar-refractivity contribution in [2.24, 2.45) is 9.98 Å². The highest BCUT2D eigenvalue weighted by molar-refractivity contribution is 6.00. The van der Waals surface area contributed by atoms with Gasteiger partial charge in [0.05, 0.1) is 18.8 Å². The van der Waals surface area contributed by atoms with E-state index >= 15 is 0 Å². The number of nitrogens with zero attached hydrogens (tertiary/aromatic N) is 4. The molecule has 5 rings (SSSR count). The molecule has 0 saturated carbocycles. The van der Waals surface area contributed by atoms with Gasteiger partial charge >= 0.3 is 0 Å². The smallest absolute Gasteiger partial charge is 0.159 e. The molecular weight excluding hydrogens is 384 g/mol. The van der Waals surface area contributed by atoms with Crippen molar-refractivity contribution in [3.63, 3.8) is 0 Å². The summed E-state index contributed by atoms with van der Waals surface area (Å²) in [7, 11) is 0. The molecule has 1 aromatic heterocycles. The molecule has 0 unspecified atom stereocenters. The Morgan fingerprint density at radius 2 is 1.14 bits per heavy atom. The molecule has 0 bridgehead atoms. The molecule has 2 aliphatic rings. The van der Waals surface area contributed by atoms with Crippen LogP contribution in [0.3, 0.4) is 0 Å². The summed E-state index contributed by atoms with van der Waals surface area (Å²) in [5.74, 6) is 2.65. The first-order valence-corrected chi connectivity index (χ1v) is 9.48. The van der Waals surface area contributed by atoms with Gasteiger partial charge in [-0.05, 0) is 6.07 Å². The molecule has 0 saturated heterocycles. The number of aromatic nitrogens is 2. The molecule has 0 spiro atoms. The Balaban J connectivity index is 0.00000205. The Morgan fingerprint density at radius 3 is 1.66 bits per heavy atom. The first-order valence-electron chi connectivity index (χ1n) is 9.48. The first kappa shape index (κ1) is 19.1. The van der Waals surface area contributed by atoms with Crippen molar-refractivity contribution in [2.45, 2.75) is 0 Å². The van der Waals surface area contributed by atoms with Crippen LogP contribution in [0.1, 0.15) is 11.1 Å². The van der Waals surface area contributed by atoms with Gasteiger partial charge in [0.2, 0.25) is 0 Å². The van der Waals surface area contributed by atoms with Gasteiger partial charge in [0.25, 0.3) is 0 Å². The summed E-state index contributed by atoms with van der Waals surface area (Å²) < 4.78 is 0. The maximum Gasteiger partial charge on any atom is 0.159 e. The van der Waals surface area contributed by atoms with Crippen molar-refractivity contribution in [1.82, 2.24) is 20.6 Å². The SMILES string of the molecule is Cl.c1cc(-c2ccc(C3=NCCN3)cc2)nc(-c2ccc(C3=NCCN3)cc2)n1. The van der Waals surface area contributed by atoms with Gasteiger partial charge in [0, 0.05) is 41.5 Å². The highest BCUT2D eigenvalue weighted by atomic mass is 35.5. The quantitative estimate of drug-likeness (QED) is 0.701. The zero-order valence-electron chi connectivity index (χ0n) is 15.8. The van der Waals surface area contributed by atoms with Gasteiger partial charge in [0.1, 0.15) is 11.7 Å². The van der Waals surface area contributed by atoms with Crippen molar-refractivity contribution in [2.75, 3.05) is 26.2 Å². The molecule has 29 heavy (non-hydrogen) atoms. The maximum absolute atomic E-state index is 4.76. The molecule has 0 radical (unpaired) electrons. The number of benzene rings is 2. The molecule has 0 atom stereocenters. The zero-order valence-corrected chi connectivity index (χ0v) is 16.6. The number of amidine groups is 2. The second-order valence-electron chi connectivity index (χ2n) is 6.73. The predicted octanol–water partition coefficient (Wildman–Crippen LogP) is 2.93. The minimum Gasteiger partial charge on any atom is -0.368 e. The van der Waals surface area contributed by atoms with Gasteiger partial charge in [-0.15, -0.1) is 12.4 Å². The second-order valence-corrected chi connectivity index (χ2v) is 6.73. The van der Waals surface area contributed by atoms with Gasteiger partial charge in [-0.2, -0.15) is 0 Å². The molecular formula is C22H21ClN6. The van der Waals surface area contributed by atoms with Crippen molar-refractivity contribution in [1.29, 1.82) is 0 Å². The summed E-state index contributed by atoms with van der Waals surface area (Å²) in [6.07, 6.45) is 1.81. The number of halogens is 1. The minimum atomic E-state index is 0. The van der Waals surface area contributed by atoms with Crippen LogP contribution < -0.4 is 10.6 Å². The number of aliphatic imine (C=N–C) groups is 2. The van der Waals surface area contributed by atoms with Crippen molar-refractivity contribution >= 4 is 24.1 Å². The van der Waals surface area contributed by atoms with Crippen LogP contribution in [0.4, 0.5) is 0 Å². The predicted molar refractivity (Wildman–Crippen MR) is 119 cm³/mol. The summed E-state index contributed by atoms with van der Waals surface area (Å²) in [4.78, 5) is 18.1. The molecule has 2 aromatic carbocycles. The zero-order chi connectivity index (χ0) is 18.8. The van der Waals surface area contributed by atoms with E-state index in [9.17, 15) is 0 Å². The van der Waals surface area contributed by atoms with Crippen LogP contribution in [0.5, 0.6) is 0 Å². The number of hydrogen-bond donors (Lipinski definition) is 2. The Bertz CT molecular complexity index is 975. The highest BCUT2D eigenvalue weighted by Crippen LogP contribution is 2.22. The van der Waals surface area contributed by atoms with E-state index in [1.54, 1.807) is 0 Å².